The van der Waals surface area contributed by atoms with E-state index >= 15 is 0 Å². The molecule has 0 saturated carbocycles. The van der Waals surface area contributed by atoms with Gasteiger partial charge >= 0.3 is 0 Å². The predicted molar refractivity (Wildman–Crippen MR) is 142 cm³/mol. The molecular weight excluding hydrogens is 508 g/mol. The van der Waals surface area contributed by atoms with Gasteiger partial charge in [-0.05, 0) is 12.8 Å². The molecule has 0 unspecified atom stereocenters. The van der Waals surface area contributed by atoms with Gasteiger partial charge in [-0.15, -0.1) is 0 Å². The number of aromatic nitrogens is 7. The van der Waals surface area contributed by atoms with Crippen molar-refractivity contribution >= 4 is 28.7 Å². The molecule has 1 fully saturated rings. The van der Waals surface area contributed by atoms with Crippen LogP contribution in [0, 0.1) is 0 Å². The Morgan fingerprint density at radius 2 is 1.97 bits per heavy atom. The lowest BCUT2D eigenvalue weighted by molar-refractivity contribution is 0.0646. The minimum Gasteiger partial charge on any atom is -0.451 e. The van der Waals surface area contributed by atoms with Crippen molar-refractivity contribution in [1.82, 2.24) is 34.3 Å². The molecule has 11 nitrogen and oxygen atoms in total. The van der Waals surface area contributed by atoms with Crippen molar-refractivity contribution in [1.29, 1.82) is 0 Å². The molecule has 3 N–H and O–H groups in total. The highest BCUT2D eigenvalue weighted by Crippen LogP contribution is 2.38. The zero-order chi connectivity index (χ0) is 27.7. The molecule has 0 bridgehead atoms. The summed E-state index contributed by atoms with van der Waals surface area (Å²) in [7, 11) is 1.64. The fourth-order valence-corrected chi connectivity index (χ4v) is 4.64. The zero-order valence-corrected chi connectivity index (χ0v) is 22.2. The maximum absolute atomic E-state index is 14.4. The minimum atomic E-state index is -2.88. The Kier molecular flexibility index (Phi) is 7.17. The van der Waals surface area contributed by atoms with E-state index in [0.717, 1.165) is 24.7 Å². The number of hydrogen-bond donors (Lipinski definition) is 2. The van der Waals surface area contributed by atoms with E-state index in [9.17, 15) is 8.78 Å². The number of nitrogens with zero attached hydrogens (tertiary/aromatic N) is 7. The number of nitrogens with two attached hydrogens (primary N) is 1. The van der Waals surface area contributed by atoms with Gasteiger partial charge in [-0.1, -0.05) is 20.8 Å². The molecule has 0 aromatic carbocycles. The first kappa shape index (κ1) is 26.5. The Morgan fingerprint density at radius 1 is 1.21 bits per heavy atom. The van der Waals surface area contributed by atoms with Crippen molar-refractivity contribution in [2.75, 3.05) is 18.5 Å². The second-order valence-electron chi connectivity index (χ2n) is 10.3. The van der Waals surface area contributed by atoms with Crippen LogP contribution in [-0.2, 0) is 17.2 Å². The average molecular weight is 540 g/mol. The van der Waals surface area contributed by atoms with E-state index in [1.165, 1.54) is 29.4 Å². The second-order valence-corrected chi connectivity index (χ2v) is 10.3. The molecule has 0 spiro atoms. The fourth-order valence-electron chi connectivity index (χ4n) is 4.64. The number of fused-ring (bicyclic) bond motifs is 1. The van der Waals surface area contributed by atoms with Crippen LogP contribution in [0.4, 0.5) is 20.5 Å². The van der Waals surface area contributed by atoms with Gasteiger partial charge in [0.25, 0.3) is 6.43 Å². The van der Waals surface area contributed by atoms with Gasteiger partial charge in [0.05, 0.1) is 24.0 Å². The van der Waals surface area contributed by atoms with E-state index in [2.05, 4.69) is 50.7 Å². The maximum Gasteiger partial charge on any atom is 0.269 e. The molecule has 0 atom stereocenters. The summed E-state index contributed by atoms with van der Waals surface area (Å²) in [6.07, 6.45) is 5.56. The number of pyridine rings is 1. The topological polar surface area (TPSA) is 131 Å². The van der Waals surface area contributed by atoms with E-state index < -0.39 is 6.43 Å². The van der Waals surface area contributed by atoms with Crippen molar-refractivity contribution in [3.05, 3.63) is 54.0 Å². The van der Waals surface area contributed by atoms with Gasteiger partial charge in [0, 0.05) is 56.0 Å². The summed E-state index contributed by atoms with van der Waals surface area (Å²) in [5, 5.41) is 8.05. The fraction of sp³-hybridized carbons (Fsp3) is 0.423. The number of ether oxygens (including phenoxy) is 2. The Bertz CT molecular complexity index is 1490. The Labute approximate surface area is 224 Å². The van der Waals surface area contributed by atoms with Crippen LogP contribution >= 0.6 is 0 Å². The van der Waals surface area contributed by atoms with Crippen LogP contribution in [0.5, 0.6) is 5.75 Å². The SMILES string of the molecule is Cn1c(Nc2cc(C(C)(C)C)n(C3CCOCC3)n2)nc2ncc(OC(=CN)c3cnccn3)c(C(F)F)c21. The summed E-state index contributed by atoms with van der Waals surface area (Å²) < 4.78 is 43.8. The minimum absolute atomic E-state index is 0.0695. The Hall–Kier alpha value is -4.13. The summed E-state index contributed by atoms with van der Waals surface area (Å²) in [4.78, 5) is 16.9. The van der Waals surface area contributed by atoms with Gasteiger partial charge in [0.1, 0.15) is 11.2 Å². The molecular formula is C26H31F2N9O2. The summed E-state index contributed by atoms with van der Waals surface area (Å²) in [5.41, 5.74) is 6.79. The molecule has 13 heteroatoms. The standard InChI is InChI=1S/C26H31F2N9O2/c1-26(2,3)19-11-20(35-37(19)15-5-9-38-10-6-15)33-25-34-24-22(36(25)4)21(23(27)28)18(14-32-24)39-17(12-29)16-13-30-7-8-31-16/h7-8,11-15,23H,5-6,9-10,29H2,1-4H3,(H,32,33,34,35). The van der Waals surface area contributed by atoms with Crippen LogP contribution < -0.4 is 15.8 Å². The van der Waals surface area contributed by atoms with Gasteiger partial charge in [-0.3, -0.25) is 9.67 Å². The first-order chi connectivity index (χ1) is 18.7. The third-order valence-electron chi connectivity index (χ3n) is 6.59. The van der Waals surface area contributed by atoms with Crippen LogP contribution in [0.15, 0.2) is 37.1 Å². The first-order valence-corrected chi connectivity index (χ1v) is 12.6. The van der Waals surface area contributed by atoms with E-state index in [0.29, 0.717) is 30.7 Å². The summed E-state index contributed by atoms with van der Waals surface area (Å²) in [6, 6.07) is 2.19. The average Bonchev–Trinajstić information content (AvgIpc) is 3.49. The van der Waals surface area contributed by atoms with Gasteiger partial charge in [0.15, 0.2) is 23.0 Å². The third-order valence-corrected chi connectivity index (χ3v) is 6.59. The van der Waals surface area contributed by atoms with Crippen LogP contribution in [0.3, 0.4) is 0 Å². The highest BCUT2D eigenvalue weighted by Gasteiger charge is 2.28. The highest BCUT2D eigenvalue weighted by atomic mass is 19.3. The smallest absolute Gasteiger partial charge is 0.269 e. The number of alkyl halides is 2. The monoisotopic (exact) mass is 539 g/mol. The number of hydrogen-bond acceptors (Lipinski definition) is 9. The van der Waals surface area contributed by atoms with Crippen LogP contribution in [0.25, 0.3) is 16.9 Å². The predicted octanol–water partition coefficient (Wildman–Crippen LogP) is 4.62. The highest BCUT2D eigenvalue weighted by molar-refractivity contribution is 5.82. The lowest BCUT2D eigenvalue weighted by atomic mass is 9.91. The molecule has 39 heavy (non-hydrogen) atoms. The van der Waals surface area contributed by atoms with E-state index in [1.54, 1.807) is 7.05 Å². The molecule has 206 valence electrons. The lowest BCUT2D eigenvalue weighted by Gasteiger charge is -2.28. The van der Waals surface area contributed by atoms with Crippen molar-refractivity contribution in [2.24, 2.45) is 12.8 Å². The van der Waals surface area contributed by atoms with Gasteiger partial charge in [-0.25, -0.2) is 18.7 Å². The molecule has 4 aromatic heterocycles. The zero-order valence-electron chi connectivity index (χ0n) is 22.2. The normalized spacial score (nSPS) is 15.3. The molecule has 5 rings (SSSR count). The number of rotatable bonds is 7. The van der Waals surface area contributed by atoms with Crippen molar-refractivity contribution in [2.45, 2.75) is 51.5 Å². The number of aryl methyl sites for hydroxylation is 1. The molecule has 0 amide bonds. The molecule has 1 aliphatic rings. The number of nitrogens with one attached hydrogen (secondary N) is 1. The summed E-state index contributed by atoms with van der Waals surface area (Å²) in [6.45, 7) is 7.76. The molecule has 5 heterocycles. The second kappa shape index (κ2) is 10.6. The maximum atomic E-state index is 14.4. The Morgan fingerprint density at radius 3 is 2.62 bits per heavy atom. The molecule has 0 aliphatic carbocycles. The number of anilines is 2. The van der Waals surface area contributed by atoms with Crippen molar-refractivity contribution in [3.63, 3.8) is 0 Å². The Balaban J connectivity index is 1.52. The van der Waals surface area contributed by atoms with Crippen LogP contribution in [-0.4, -0.2) is 47.5 Å². The lowest BCUT2D eigenvalue weighted by Crippen LogP contribution is -2.26. The van der Waals surface area contributed by atoms with Gasteiger partial charge in [-0.2, -0.15) is 10.1 Å². The van der Waals surface area contributed by atoms with Crippen molar-refractivity contribution < 1.29 is 18.3 Å². The summed E-state index contributed by atoms with van der Waals surface area (Å²) in [5.74, 6) is 0.793. The van der Waals surface area contributed by atoms with Gasteiger partial charge in [0.2, 0.25) is 5.95 Å². The molecule has 1 saturated heterocycles. The van der Waals surface area contributed by atoms with Gasteiger partial charge < -0.3 is 25.1 Å². The number of halogens is 2. The molecule has 0 radical (unpaired) electrons. The quantitative estimate of drug-likeness (QED) is 0.323. The largest absolute Gasteiger partial charge is 0.451 e. The van der Waals surface area contributed by atoms with E-state index in [-0.39, 0.29) is 39.7 Å². The number of imidazole rings is 1. The third kappa shape index (κ3) is 5.26. The molecule has 4 aromatic rings. The van der Waals surface area contributed by atoms with E-state index in [4.69, 9.17) is 20.3 Å². The molecule has 1 aliphatic heterocycles. The van der Waals surface area contributed by atoms with Crippen molar-refractivity contribution in [3.8, 4) is 5.75 Å². The summed E-state index contributed by atoms with van der Waals surface area (Å²) >= 11 is 0. The van der Waals surface area contributed by atoms with Crippen LogP contribution in [0.1, 0.15) is 63.0 Å². The van der Waals surface area contributed by atoms with E-state index in [1.807, 2.05) is 6.07 Å². The van der Waals surface area contributed by atoms with Crippen LogP contribution in [0.2, 0.25) is 0 Å². The first-order valence-electron chi connectivity index (χ1n) is 12.6.